The summed E-state index contributed by atoms with van der Waals surface area (Å²) < 4.78 is 5.92. The quantitative estimate of drug-likeness (QED) is 0.784. The van der Waals surface area contributed by atoms with Gasteiger partial charge in [0.1, 0.15) is 12.4 Å². The summed E-state index contributed by atoms with van der Waals surface area (Å²) in [6.07, 6.45) is 6.01. The van der Waals surface area contributed by atoms with E-state index in [0.717, 1.165) is 29.3 Å². The average molecular weight is 254 g/mol. The Morgan fingerprint density at radius 2 is 2.21 bits per heavy atom. The molecule has 0 bridgehead atoms. The van der Waals surface area contributed by atoms with Gasteiger partial charge in [0.2, 0.25) is 0 Å². The van der Waals surface area contributed by atoms with Crippen LogP contribution in [-0.4, -0.2) is 35.1 Å². The van der Waals surface area contributed by atoms with Gasteiger partial charge in [-0.15, -0.1) is 0 Å². The van der Waals surface area contributed by atoms with Crippen molar-refractivity contribution in [3.05, 3.63) is 36.5 Å². The first kappa shape index (κ1) is 11.2. The number of hydrogen-bond acceptors (Lipinski definition) is 3. The minimum atomic E-state index is 0.648. The lowest BCUT2D eigenvalue weighted by Gasteiger charge is -2.27. The normalized spacial score (nSPS) is 26.1. The number of ether oxygens (including phenoxy) is 1. The largest absolute Gasteiger partial charge is 0.492 e. The summed E-state index contributed by atoms with van der Waals surface area (Å²) in [5.74, 6) is 0.959. The molecule has 0 spiro atoms. The van der Waals surface area contributed by atoms with Gasteiger partial charge in [0, 0.05) is 24.2 Å². The van der Waals surface area contributed by atoms with Gasteiger partial charge >= 0.3 is 0 Å². The summed E-state index contributed by atoms with van der Waals surface area (Å²) in [4.78, 5) is 6.90. The summed E-state index contributed by atoms with van der Waals surface area (Å²) in [6, 6.07) is 11.7. The lowest BCUT2D eigenvalue weighted by molar-refractivity contribution is 0.215. The SMILES string of the molecule is c1cnc2ccc(OCC3CN3C3CCC3)cc2c1. The first-order chi connectivity index (χ1) is 9.40. The van der Waals surface area contributed by atoms with E-state index in [1.54, 1.807) is 0 Å². The fraction of sp³-hybridized carbons (Fsp3) is 0.438. The van der Waals surface area contributed by atoms with Crippen molar-refractivity contribution in [2.45, 2.75) is 31.3 Å². The Hall–Kier alpha value is -1.61. The molecule has 98 valence electrons. The first-order valence-corrected chi connectivity index (χ1v) is 7.13. The van der Waals surface area contributed by atoms with E-state index < -0.39 is 0 Å². The van der Waals surface area contributed by atoms with Gasteiger partial charge in [-0.2, -0.15) is 0 Å². The van der Waals surface area contributed by atoms with Crippen LogP contribution in [0.3, 0.4) is 0 Å². The molecule has 1 saturated heterocycles. The van der Waals surface area contributed by atoms with Crippen molar-refractivity contribution in [1.82, 2.24) is 9.88 Å². The third kappa shape index (κ3) is 2.19. The molecule has 4 rings (SSSR count). The Kier molecular flexibility index (Phi) is 2.66. The minimum Gasteiger partial charge on any atom is -0.492 e. The van der Waals surface area contributed by atoms with Crippen molar-refractivity contribution < 1.29 is 4.74 Å². The smallest absolute Gasteiger partial charge is 0.120 e. The molecule has 2 unspecified atom stereocenters. The van der Waals surface area contributed by atoms with E-state index in [4.69, 9.17) is 4.74 Å². The van der Waals surface area contributed by atoms with Crippen LogP contribution in [0.25, 0.3) is 10.9 Å². The van der Waals surface area contributed by atoms with Gasteiger partial charge < -0.3 is 4.74 Å². The maximum atomic E-state index is 5.92. The predicted octanol–water partition coefficient (Wildman–Crippen LogP) is 2.85. The van der Waals surface area contributed by atoms with Gasteiger partial charge in [-0.1, -0.05) is 12.5 Å². The minimum absolute atomic E-state index is 0.648. The number of fused-ring (bicyclic) bond motifs is 1. The second-order valence-corrected chi connectivity index (χ2v) is 5.60. The molecule has 2 atom stereocenters. The van der Waals surface area contributed by atoms with Crippen LogP contribution in [0.15, 0.2) is 36.5 Å². The van der Waals surface area contributed by atoms with Crippen molar-refractivity contribution in [2.75, 3.05) is 13.2 Å². The molecule has 1 aromatic heterocycles. The second kappa shape index (κ2) is 4.49. The van der Waals surface area contributed by atoms with Crippen LogP contribution in [-0.2, 0) is 0 Å². The second-order valence-electron chi connectivity index (χ2n) is 5.60. The van der Waals surface area contributed by atoms with Gasteiger partial charge in [0.25, 0.3) is 0 Å². The van der Waals surface area contributed by atoms with E-state index in [0.29, 0.717) is 6.04 Å². The maximum Gasteiger partial charge on any atom is 0.120 e. The molecule has 3 nitrogen and oxygen atoms in total. The number of rotatable bonds is 4. The molecular weight excluding hydrogens is 236 g/mol. The van der Waals surface area contributed by atoms with Crippen molar-refractivity contribution in [3.63, 3.8) is 0 Å². The Balaban J connectivity index is 1.39. The predicted molar refractivity (Wildman–Crippen MR) is 75.4 cm³/mol. The monoisotopic (exact) mass is 254 g/mol. The van der Waals surface area contributed by atoms with Crippen LogP contribution < -0.4 is 4.74 Å². The molecule has 0 radical (unpaired) electrons. The summed E-state index contributed by atoms with van der Waals surface area (Å²) in [6.45, 7) is 2.04. The van der Waals surface area contributed by atoms with E-state index in [9.17, 15) is 0 Å². The lowest BCUT2D eigenvalue weighted by atomic mass is 9.93. The summed E-state index contributed by atoms with van der Waals surface area (Å²) >= 11 is 0. The maximum absolute atomic E-state index is 5.92. The fourth-order valence-electron chi connectivity index (χ4n) is 2.85. The summed E-state index contributed by atoms with van der Waals surface area (Å²) in [5, 5.41) is 1.15. The number of hydrogen-bond donors (Lipinski definition) is 0. The topological polar surface area (TPSA) is 25.1 Å². The molecule has 19 heavy (non-hydrogen) atoms. The van der Waals surface area contributed by atoms with Crippen LogP contribution in [0.4, 0.5) is 0 Å². The van der Waals surface area contributed by atoms with Gasteiger partial charge in [-0.25, -0.2) is 0 Å². The highest BCUT2D eigenvalue weighted by atomic mass is 16.5. The Labute approximate surface area is 113 Å². The molecule has 0 amide bonds. The summed E-state index contributed by atoms with van der Waals surface area (Å²) in [5.41, 5.74) is 1.03. The molecule has 1 aliphatic heterocycles. The summed E-state index contributed by atoms with van der Waals surface area (Å²) in [7, 11) is 0. The molecule has 3 heteroatoms. The van der Waals surface area contributed by atoms with E-state index in [2.05, 4.69) is 22.0 Å². The van der Waals surface area contributed by atoms with E-state index in [1.807, 2.05) is 24.4 Å². The van der Waals surface area contributed by atoms with Crippen molar-refractivity contribution in [1.29, 1.82) is 0 Å². The zero-order chi connectivity index (χ0) is 12.7. The lowest BCUT2D eigenvalue weighted by Crippen LogP contribution is -2.29. The van der Waals surface area contributed by atoms with Crippen LogP contribution >= 0.6 is 0 Å². The Morgan fingerprint density at radius 3 is 3.05 bits per heavy atom. The number of nitrogens with zero attached hydrogens (tertiary/aromatic N) is 2. The molecule has 2 aliphatic rings. The number of pyridine rings is 1. The van der Waals surface area contributed by atoms with Gasteiger partial charge in [0.15, 0.2) is 0 Å². The van der Waals surface area contributed by atoms with Crippen LogP contribution in [0.5, 0.6) is 5.75 Å². The highest BCUT2D eigenvalue weighted by Crippen LogP contribution is 2.33. The molecule has 1 aromatic carbocycles. The van der Waals surface area contributed by atoms with Crippen molar-refractivity contribution in [3.8, 4) is 5.75 Å². The highest BCUT2D eigenvalue weighted by Gasteiger charge is 2.42. The van der Waals surface area contributed by atoms with Gasteiger partial charge in [0.05, 0.1) is 11.6 Å². The van der Waals surface area contributed by atoms with Gasteiger partial charge in [-0.05, 0) is 37.1 Å². The third-order valence-corrected chi connectivity index (χ3v) is 4.32. The van der Waals surface area contributed by atoms with E-state index in [-0.39, 0.29) is 0 Å². The van der Waals surface area contributed by atoms with Crippen LogP contribution in [0, 0.1) is 0 Å². The van der Waals surface area contributed by atoms with E-state index >= 15 is 0 Å². The molecule has 2 fully saturated rings. The average Bonchev–Trinajstić information content (AvgIpc) is 3.13. The zero-order valence-corrected chi connectivity index (χ0v) is 11.0. The number of aromatic nitrogens is 1. The van der Waals surface area contributed by atoms with Crippen molar-refractivity contribution >= 4 is 10.9 Å². The highest BCUT2D eigenvalue weighted by molar-refractivity contribution is 5.79. The van der Waals surface area contributed by atoms with E-state index in [1.165, 1.54) is 25.8 Å². The standard InChI is InChI=1S/C16H18N2O/c1-4-13(5-1)18-10-14(18)11-19-15-6-7-16-12(9-15)3-2-8-17-16/h2-3,6-9,13-14H,1,4-5,10-11H2. The molecule has 1 saturated carbocycles. The zero-order valence-electron chi connectivity index (χ0n) is 11.0. The number of benzene rings is 1. The van der Waals surface area contributed by atoms with Gasteiger partial charge in [-0.3, -0.25) is 9.88 Å². The Bertz CT molecular complexity index is 594. The third-order valence-electron chi connectivity index (χ3n) is 4.32. The Morgan fingerprint density at radius 1 is 1.26 bits per heavy atom. The first-order valence-electron chi connectivity index (χ1n) is 7.13. The molecule has 2 heterocycles. The van der Waals surface area contributed by atoms with Crippen molar-refractivity contribution in [2.24, 2.45) is 0 Å². The molecule has 2 aromatic rings. The molecule has 0 N–H and O–H groups in total. The van der Waals surface area contributed by atoms with Crippen LogP contribution in [0.2, 0.25) is 0 Å². The van der Waals surface area contributed by atoms with Crippen LogP contribution in [0.1, 0.15) is 19.3 Å². The molecule has 1 aliphatic carbocycles. The molecular formula is C16H18N2O. The fourth-order valence-corrected chi connectivity index (χ4v) is 2.85.